The number of nitrogens with one attached hydrogen (secondary N) is 2. The smallest absolute Gasteiger partial charge is 0.244 e. The summed E-state index contributed by atoms with van der Waals surface area (Å²) in [5, 5.41) is 6.73. The molecule has 2 aromatic rings. The van der Waals surface area contributed by atoms with Gasteiger partial charge >= 0.3 is 0 Å². The van der Waals surface area contributed by atoms with Gasteiger partial charge in [-0.25, -0.2) is 5.43 Å². The fourth-order valence-corrected chi connectivity index (χ4v) is 2.13. The van der Waals surface area contributed by atoms with Crippen molar-refractivity contribution in [2.24, 2.45) is 5.10 Å². The van der Waals surface area contributed by atoms with Crippen LogP contribution in [0.15, 0.2) is 59.7 Å². The lowest BCUT2D eigenvalue weighted by Crippen LogP contribution is -2.22. The minimum absolute atomic E-state index is 0.0949. The van der Waals surface area contributed by atoms with E-state index < -0.39 is 0 Å². The maximum Gasteiger partial charge on any atom is 0.244 e. The number of ether oxygens (including phenoxy) is 1. The molecule has 0 aliphatic heterocycles. The largest absolute Gasteiger partial charge is 0.497 e. The van der Waals surface area contributed by atoms with Crippen LogP contribution < -0.4 is 15.5 Å². The molecule has 2 rings (SSSR count). The Kier molecular flexibility index (Phi) is 6.71. The second-order valence-corrected chi connectivity index (χ2v) is 5.50. The Hall–Kier alpha value is -3.15. The van der Waals surface area contributed by atoms with Crippen LogP contribution in [0.4, 0.5) is 5.69 Å². The molecule has 0 aliphatic carbocycles. The van der Waals surface area contributed by atoms with Gasteiger partial charge in [0.25, 0.3) is 0 Å². The van der Waals surface area contributed by atoms with Crippen molar-refractivity contribution in [2.75, 3.05) is 12.4 Å². The summed E-state index contributed by atoms with van der Waals surface area (Å²) in [5.74, 6) is 0.293. The van der Waals surface area contributed by atoms with Crippen LogP contribution in [-0.4, -0.2) is 24.6 Å². The molecule has 130 valence electrons. The van der Waals surface area contributed by atoms with Crippen LogP contribution in [-0.2, 0) is 16.0 Å². The highest BCUT2D eigenvalue weighted by molar-refractivity contribution is 6.05. The molecule has 0 atom stereocenters. The number of hydrazone groups is 1. The third kappa shape index (κ3) is 6.47. The number of benzene rings is 2. The summed E-state index contributed by atoms with van der Waals surface area (Å²) in [6, 6.07) is 16.4. The molecular formula is C19H21N3O3. The first kappa shape index (κ1) is 18.2. The van der Waals surface area contributed by atoms with Crippen LogP contribution in [0.5, 0.6) is 5.75 Å². The van der Waals surface area contributed by atoms with Crippen LogP contribution in [0.2, 0.25) is 0 Å². The third-order valence-electron chi connectivity index (χ3n) is 3.37. The number of methoxy groups -OCH3 is 1. The van der Waals surface area contributed by atoms with Crippen molar-refractivity contribution in [1.29, 1.82) is 0 Å². The van der Waals surface area contributed by atoms with Crippen molar-refractivity contribution in [3.8, 4) is 5.75 Å². The molecule has 0 radical (unpaired) electrons. The Morgan fingerprint density at radius 1 is 1.00 bits per heavy atom. The van der Waals surface area contributed by atoms with Gasteiger partial charge in [0, 0.05) is 11.4 Å². The lowest BCUT2D eigenvalue weighted by molar-refractivity contribution is -0.120. The van der Waals surface area contributed by atoms with Gasteiger partial charge in [-0.1, -0.05) is 30.3 Å². The van der Waals surface area contributed by atoms with E-state index in [1.54, 1.807) is 38.3 Å². The highest BCUT2D eigenvalue weighted by atomic mass is 16.5. The number of carbonyl (C=O) groups excluding carboxylic acids is 2. The van der Waals surface area contributed by atoms with Crippen molar-refractivity contribution in [3.05, 3.63) is 60.2 Å². The molecule has 0 bridgehead atoms. The Morgan fingerprint density at radius 3 is 2.32 bits per heavy atom. The van der Waals surface area contributed by atoms with Crippen molar-refractivity contribution in [2.45, 2.75) is 19.8 Å². The fourth-order valence-electron chi connectivity index (χ4n) is 2.13. The van der Waals surface area contributed by atoms with Crippen LogP contribution in [0, 0.1) is 0 Å². The molecule has 6 nitrogen and oxygen atoms in total. The molecule has 2 N–H and O–H groups in total. The molecule has 0 fully saturated rings. The highest BCUT2D eigenvalue weighted by Gasteiger charge is 2.06. The normalized spacial score (nSPS) is 10.9. The zero-order valence-electron chi connectivity index (χ0n) is 14.3. The molecular weight excluding hydrogens is 318 g/mol. The van der Waals surface area contributed by atoms with Gasteiger partial charge in [-0.15, -0.1) is 0 Å². The van der Waals surface area contributed by atoms with Gasteiger partial charge in [0.15, 0.2) is 0 Å². The van der Waals surface area contributed by atoms with Crippen LogP contribution in [0.3, 0.4) is 0 Å². The second kappa shape index (κ2) is 9.22. The molecule has 6 heteroatoms. The average molecular weight is 339 g/mol. The minimum Gasteiger partial charge on any atom is -0.497 e. The Labute approximate surface area is 146 Å². The summed E-state index contributed by atoms with van der Waals surface area (Å²) >= 11 is 0. The minimum atomic E-state index is -0.221. The molecule has 0 saturated heterocycles. The number of hydrogen-bond acceptors (Lipinski definition) is 4. The van der Waals surface area contributed by atoms with Gasteiger partial charge < -0.3 is 10.1 Å². The Morgan fingerprint density at radius 2 is 1.68 bits per heavy atom. The summed E-state index contributed by atoms with van der Waals surface area (Å²) < 4.78 is 5.06. The van der Waals surface area contributed by atoms with Gasteiger partial charge in [0.05, 0.1) is 20.0 Å². The van der Waals surface area contributed by atoms with E-state index >= 15 is 0 Å². The van der Waals surface area contributed by atoms with E-state index in [4.69, 9.17) is 4.74 Å². The Balaban J connectivity index is 1.79. The van der Waals surface area contributed by atoms with Crippen molar-refractivity contribution in [3.63, 3.8) is 0 Å². The van der Waals surface area contributed by atoms with E-state index in [0.29, 0.717) is 11.4 Å². The molecule has 0 aliphatic rings. The van der Waals surface area contributed by atoms with E-state index in [9.17, 15) is 9.59 Å². The summed E-state index contributed by atoms with van der Waals surface area (Å²) in [6.45, 7) is 1.69. The maximum absolute atomic E-state index is 12.0. The lowest BCUT2D eigenvalue weighted by atomic mass is 10.1. The standard InChI is InChI=1S/C19H21N3O3/c1-14(21-22-19(24)13-15-6-4-3-5-7-15)12-18(23)20-16-8-10-17(25-2)11-9-16/h3-11H,12-13H2,1-2H3,(H,20,23)(H,22,24). The molecule has 2 aromatic carbocycles. The van der Waals surface area contributed by atoms with Gasteiger partial charge in [0.2, 0.25) is 11.8 Å². The fraction of sp³-hybridized carbons (Fsp3) is 0.211. The number of anilines is 1. The molecule has 25 heavy (non-hydrogen) atoms. The highest BCUT2D eigenvalue weighted by Crippen LogP contribution is 2.15. The summed E-state index contributed by atoms with van der Waals surface area (Å²) in [6.07, 6.45) is 0.341. The average Bonchev–Trinajstić information content (AvgIpc) is 2.61. The first-order valence-electron chi connectivity index (χ1n) is 7.86. The van der Waals surface area contributed by atoms with Crippen molar-refractivity contribution in [1.82, 2.24) is 5.43 Å². The van der Waals surface area contributed by atoms with Crippen LogP contribution >= 0.6 is 0 Å². The third-order valence-corrected chi connectivity index (χ3v) is 3.37. The number of rotatable bonds is 7. The quantitative estimate of drug-likeness (QED) is 0.601. The summed E-state index contributed by atoms with van der Waals surface area (Å²) in [7, 11) is 1.58. The molecule has 0 aromatic heterocycles. The SMILES string of the molecule is COc1ccc(NC(=O)CC(C)=NNC(=O)Cc2ccccc2)cc1. The predicted octanol–water partition coefficient (Wildman–Crippen LogP) is 2.76. The summed E-state index contributed by atoms with van der Waals surface area (Å²) in [4.78, 5) is 23.8. The number of carbonyl (C=O) groups is 2. The number of nitrogens with zero attached hydrogens (tertiary/aromatic N) is 1. The number of hydrogen-bond donors (Lipinski definition) is 2. The monoisotopic (exact) mass is 339 g/mol. The molecule has 0 unspecified atom stereocenters. The molecule has 0 spiro atoms. The summed E-state index contributed by atoms with van der Waals surface area (Å²) in [5.41, 5.74) is 4.57. The maximum atomic E-state index is 12.0. The van der Waals surface area contributed by atoms with Gasteiger partial charge in [-0.05, 0) is 36.8 Å². The topological polar surface area (TPSA) is 79.8 Å². The van der Waals surface area contributed by atoms with Gasteiger partial charge in [-0.3, -0.25) is 9.59 Å². The van der Waals surface area contributed by atoms with E-state index in [0.717, 1.165) is 11.3 Å². The van der Waals surface area contributed by atoms with E-state index in [2.05, 4.69) is 15.8 Å². The molecule has 0 heterocycles. The van der Waals surface area contributed by atoms with E-state index in [1.165, 1.54) is 0 Å². The molecule has 0 saturated carbocycles. The first-order valence-corrected chi connectivity index (χ1v) is 7.86. The zero-order valence-corrected chi connectivity index (χ0v) is 14.3. The Bertz CT molecular complexity index is 740. The van der Waals surface area contributed by atoms with Crippen LogP contribution in [0.25, 0.3) is 0 Å². The van der Waals surface area contributed by atoms with E-state index in [1.807, 2.05) is 30.3 Å². The van der Waals surface area contributed by atoms with Crippen molar-refractivity contribution >= 4 is 23.2 Å². The van der Waals surface area contributed by atoms with Crippen LogP contribution in [0.1, 0.15) is 18.9 Å². The van der Waals surface area contributed by atoms with Crippen molar-refractivity contribution < 1.29 is 14.3 Å². The second-order valence-electron chi connectivity index (χ2n) is 5.50. The van der Waals surface area contributed by atoms with Gasteiger partial charge in [0.1, 0.15) is 5.75 Å². The predicted molar refractivity (Wildman–Crippen MR) is 97.6 cm³/mol. The van der Waals surface area contributed by atoms with Gasteiger partial charge in [-0.2, -0.15) is 5.10 Å². The number of amides is 2. The van der Waals surface area contributed by atoms with E-state index in [-0.39, 0.29) is 24.7 Å². The lowest BCUT2D eigenvalue weighted by Gasteiger charge is -2.06. The first-order chi connectivity index (χ1) is 12.1. The zero-order chi connectivity index (χ0) is 18.1. The molecule has 2 amide bonds.